The van der Waals surface area contributed by atoms with Crippen LogP contribution in [0.5, 0.6) is 11.5 Å². The van der Waals surface area contributed by atoms with Crippen LogP contribution in [0.15, 0.2) is 48.5 Å². The van der Waals surface area contributed by atoms with Crippen LogP contribution in [-0.2, 0) is 14.3 Å². The largest absolute Gasteiger partial charge is 0.454 e. The lowest BCUT2D eigenvalue weighted by atomic mass is 9.95. The Labute approximate surface area is 175 Å². The average Bonchev–Trinajstić information content (AvgIpc) is 3.31. The number of rotatable bonds is 5. The van der Waals surface area contributed by atoms with Gasteiger partial charge in [-0.1, -0.05) is 12.1 Å². The van der Waals surface area contributed by atoms with E-state index in [1.807, 2.05) is 4.90 Å². The second-order valence-corrected chi connectivity index (χ2v) is 7.65. The summed E-state index contributed by atoms with van der Waals surface area (Å²) in [6.45, 7) is 1.80. The highest BCUT2D eigenvalue weighted by molar-refractivity contribution is 5.92. The molecule has 30 heavy (non-hydrogen) atoms. The standard InChI is InChI=1S/C23H25FN2O4/c24-19-4-1-2-5-20(19)30-18-9-7-17(8-10-18)25-22(27)16-11-13-26(14-12-16)23(28)21-6-3-15-29-21/h1-2,4-5,7-10,16,21H,3,6,11-15H2,(H,25,27). The summed E-state index contributed by atoms with van der Waals surface area (Å²) in [5, 5.41) is 2.92. The Balaban J connectivity index is 1.27. The molecule has 2 saturated heterocycles. The Morgan fingerprint density at radius 2 is 1.77 bits per heavy atom. The van der Waals surface area contributed by atoms with Crippen LogP contribution in [0.1, 0.15) is 25.7 Å². The maximum Gasteiger partial charge on any atom is 0.251 e. The summed E-state index contributed by atoms with van der Waals surface area (Å²) in [5.41, 5.74) is 0.652. The molecule has 2 aliphatic rings. The summed E-state index contributed by atoms with van der Waals surface area (Å²) < 4.78 is 24.7. The molecule has 2 aromatic rings. The maximum atomic E-state index is 13.7. The number of likely N-dealkylation sites (tertiary alicyclic amines) is 1. The van der Waals surface area contributed by atoms with Gasteiger partial charge in [0, 0.05) is 31.3 Å². The summed E-state index contributed by atoms with van der Waals surface area (Å²) in [4.78, 5) is 26.8. The Morgan fingerprint density at radius 1 is 1.03 bits per heavy atom. The van der Waals surface area contributed by atoms with Gasteiger partial charge in [0.2, 0.25) is 5.91 Å². The highest BCUT2D eigenvalue weighted by Crippen LogP contribution is 2.26. The number of benzene rings is 2. The van der Waals surface area contributed by atoms with Gasteiger partial charge in [-0.2, -0.15) is 0 Å². The van der Waals surface area contributed by atoms with Crippen molar-refractivity contribution in [1.82, 2.24) is 4.90 Å². The van der Waals surface area contributed by atoms with E-state index in [-0.39, 0.29) is 29.6 Å². The van der Waals surface area contributed by atoms with Crippen molar-refractivity contribution in [1.29, 1.82) is 0 Å². The van der Waals surface area contributed by atoms with Crippen molar-refractivity contribution in [3.05, 3.63) is 54.3 Å². The van der Waals surface area contributed by atoms with Crippen molar-refractivity contribution >= 4 is 17.5 Å². The van der Waals surface area contributed by atoms with E-state index in [0.717, 1.165) is 12.8 Å². The van der Waals surface area contributed by atoms with Crippen molar-refractivity contribution in [3.8, 4) is 11.5 Å². The van der Waals surface area contributed by atoms with E-state index in [9.17, 15) is 14.0 Å². The number of anilines is 1. The van der Waals surface area contributed by atoms with E-state index in [1.54, 1.807) is 42.5 Å². The van der Waals surface area contributed by atoms with Gasteiger partial charge in [0.25, 0.3) is 5.91 Å². The molecular weight excluding hydrogens is 387 g/mol. The first-order valence-corrected chi connectivity index (χ1v) is 10.3. The minimum absolute atomic E-state index is 0.0526. The minimum Gasteiger partial charge on any atom is -0.454 e. The number of carbonyl (C=O) groups excluding carboxylic acids is 2. The van der Waals surface area contributed by atoms with E-state index >= 15 is 0 Å². The number of ether oxygens (including phenoxy) is 2. The first-order chi connectivity index (χ1) is 14.6. The normalized spacial score (nSPS) is 19.5. The van der Waals surface area contributed by atoms with Gasteiger partial charge in [-0.3, -0.25) is 9.59 Å². The van der Waals surface area contributed by atoms with Crippen molar-refractivity contribution in [2.45, 2.75) is 31.8 Å². The predicted molar refractivity (Wildman–Crippen MR) is 110 cm³/mol. The third-order valence-electron chi connectivity index (χ3n) is 5.57. The molecule has 1 atom stereocenters. The zero-order valence-electron chi connectivity index (χ0n) is 16.7. The van der Waals surface area contributed by atoms with Crippen LogP contribution in [0.25, 0.3) is 0 Å². The SMILES string of the molecule is O=C(Nc1ccc(Oc2ccccc2F)cc1)C1CCN(C(=O)C2CCCO2)CC1. The van der Waals surface area contributed by atoms with E-state index < -0.39 is 5.82 Å². The van der Waals surface area contributed by atoms with Gasteiger partial charge >= 0.3 is 0 Å². The average molecular weight is 412 g/mol. The molecule has 158 valence electrons. The molecule has 0 aromatic heterocycles. The van der Waals surface area contributed by atoms with Crippen LogP contribution >= 0.6 is 0 Å². The highest BCUT2D eigenvalue weighted by Gasteiger charge is 2.32. The lowest BCUT2D eigenvalue weighted by Gasteiger charge is -2.32. The van der Waals surface area contributed by atoms with Crippen LogP contribution < -0.4 is 10.1 Å². The number of hydrogen-bond donors (Lipinski definition) is 1. The maximum absolute atomic E-state index is 13.7. The van der Waals surface area contributed by atoms with E-state index in [4.69, 9.17) is 9.47 Å². The molecule has 7 heteroatoms. The number of amides is 2. The third kappa shape index (κ3) is 4.79. The predicted octanol–water partition coefficient (Wildman–Crippen LogP) is 3.97. The van der Waals surface area contributed by atoms with Crippen LogP contribution in [0.3, 0.4) is 0 Å². The van der Waals surface area contributed by atoms with Gasteiger partial charge in [0.15, 0.2) is 11.6 Å². The number of halogens is 1. The molecule has 1 N–H and O–H groups in total. The number of carbonyl (C=O) groups is 2. The molecule has 2 fully saturated rings. The van der Waals surface area contributed by atoms with Gasteiger partial charge in [0.1, 0.15) is 11.9 Å². The van der Waals surface area contributed by atoms with Crippen LogP contribution in [0, 0.1) is 11.7 Å². The Hall–Kier alpha value is -2.93. The van der Waals surface area contributed by atoms with Crippen LogP contribution in [0.2, 0.25) is 0 Å². The second-order valence-electron chi connectivity index (χ2n) is 7.65. The molecule has 2 aliphatic heterocycles. The van der Waals surface area contributed by atoms with Crippen molar-refractivity contribution in [3.63, 3.8) is 0 Å². The van der Waals surface area contributed by atoms with E-state index in [2.05, 4.69) is 5.32 Å². The van der Waals surface area contributed by atoms with Gasteiger partial charge in [-0.25, -0.2) is 4.39 Å². The molecule has 0 saturated carbocycles. The molecule has 6 nitrogen and oxygen atoms in total. The zero-order chi connectivity index (χ0) is 20.9. The fourth-order valence-electron chi connectivity index (χ4n) is 3.84. The molecule has 1 unspecified atom stereocenters. The number of nitrogens with zero attached hydrogens (tertiary/aromatic N) is 1. The number of hydrogen-bond acceptors (Lipinski definition) is 4. The lowest BCUT2D eigenvalue weighted by Crippen LogP contribution is -2.45. The highest BCUT2D eigenvalue weighted by atomic mass is 19.1. The lowest BCUT2D eigenvalue weighted by molar-refractivity contribution is -0.143. The zero-order valence-corrected chi connectivity index (χ0v) is 16.7. The Bertz CT molecular complexity index is 888. The Kier molecular flexibility index (Phi) is 6.28. The molecule has 2 aromatic carbocycles. The fourth-order valence-corrected chi connectivity index (χ4v) is 3.84. The van der Waals surface area contributed by atoms with E-state index in [0.29, 0.717) is 44.0 Å². The fraction of sp³-hybridized carbons (Fsp3) is 0.391. The third-order valence-corrected chi connectivity index (χ3v) is 5.57. The number of nitrogens with one attached hydrogen (secondary N) is 1. The first kappa shape index (κ1) is 20.3. The minimum atomic E-state index is -0.431. The summed E-state index contributed by atoms with van der Waals surface area (Å²) in [7, 11) is 0. The summed E-state index contributed by atoms with van der Waals surface area (Å²) in [6.07, 6.45) is 2.69. The van der Waals surface area contributed by atoms with Gasteiger partial charge < -0.3 is 19.7 Å². The monoisotopic (exact) mass is 412 g/mol. The molecule has 0 spiro atoms. The molecule has 2 heterocycles. The van der Waals surface area contributed by atoms with Crippen LogP contribution in [-0.4, -0.2) is 42.5 Å². The summed E-state index contributed by atoms with van der Waals surface area (Å²) >= 11 is 0. The first-order valence-electron chi connectivity index (χ1n) is 10.3. The molecular formula is C23H25FN2O4. The Morgan fingerprint density at radius 3 is 2.43 bits per heavy atom. The summed E-state index contributed by atoms with van der Waals surface area (Å²) in [6, 6.07) is 13.0. The van der Waals surface area contributed by atoms with Gasteiger partial charge in [-0.15, -0.1) is 0 Å². The van der Waals surface area contributed by atoms with Crippen LogP contribution in [0.4, 0.5) is 10.1 Å². The molecule has 4 rings (SSSR count). The summed E-state index contributed by atoms with van der Waals surface area (Å²) in [5.74, 6) is 0.0727. The molecule has 0 bridgehead atoms. The molecule has 0 radical (unpaired) electrons. The smallest absolute Gasteiger partial charge is 0.251 e. The van der Waals surface area contributed by atoms with Crippen molar-refractivity contribution in [2.24, 2.45) is 5.92 Å². The second kappa shape index (κ2) is 9.26. The van der Waals surface area contributed by atoms with E-state index in [1.165, 1.54) is 6.07 Å². The topological polar surface area (TPSA) is 67.9 Å². The van der Waals surface area contributed by atoms with Gasteiger partial charge in [-0.05, 0) is 62.1 Å². The van der Waals surface area contributed by atoms with Crippen molar-refractivity contribution < 1.29 is 23.5 Å². The molecule has 0 aliphatic carbocycles. The number of para-hydroxylation sites is 1. The van der Waals surface area contributed by atoms with Gasteiger partial charge in [0.05, 0.1) is 0 Å². The quantitative estimate of drug-likeness (QED) is 0.807. The molecule has 2 amide bonds. The number of piperidine rings is 1. The van der Waals surface area contributed by atoms with Crippen molar-refractivity contribution in [2.75, 3.05) is 25.0 Å².